The van der Waals surface area contributed by atoms with Gasteiger partial charge in [0.25, 0.3) is 0 Å². The van der Waals surface area contributed by atoms with Crippen LogP contribution < -0.4 is 10.6 Å². The van der Waals surface area contributed by atoms with Crippen molar-refractivity contribution in [3.05, 3.63) is 82.9 Å². The number of carbonyl (C=O) groups excluding carboxylic acids is 5. The lowest BCUT2D eigenvalue weighted by atomic mass is 9.90. The number of carboxylic acid groups (broad SMARTS) is 2. The minimum Gasteiger partial charge on any atom is -0.481 e. The Balaban J connectivity index is 1.50. The number of hydrogen-bond acceptors (Lipinski definition) is 11. The number of imidazole rings is 1. The summed E-state index contributed by atoms with van der Waals surface area (Å²) in [4.78, 5) is 102. The highest BCUT2D eigenvalue weighted by Gasteiger charge is 2.33. The van der Waals surface area contributed by atoms with Gasteiger partial charge in [-0.25, -0.2) is 9.97 Å². The van der Waals surface area contributed by atoms with E-state index in [0.29, 0.717) is 11.3 Å². The third-order valence-electron chi connectivity index (χ3n) is 9.00. The van der Waals surface area contributed by atoms with Crippen LogP contribution in [0.2, 0.25) is 0 Å². The van der Waals surface area contributed by atoms with Gasteiger partial charge in [0.1, 0.15) is 6.61 Å². The van der Waals surface area contributed by atoms with Crippen molar-refractivity contribution in [3.8, 4) is 0 Å². The summed E-state index contributed by atoms with van der Waals surface area (Å²) < 4.78 is 6.25. The topological polar surface area (TPSA) is 235 Å². The number of ketones is 2. The van der Waals surface area contributed by atoms with Crippen LogP contribution in [-0.4, -0.2) is 78.5 Å². The molecule has 4 rings (SSSR count). The zero-order chi connectivity index (χ0) is 40.8. The lowest BCUT2D eigenvalue weighted by Gasteiger charge is -2.25. The van der Waals surface area contributed by atoms with Crippen LogP contribution >= 0.6 is 11.3 Å². The number of hydrogen-bond donors (Lipinski definition) is 5. The molecule has 4 atom stereocenters. The highest BCUT2D eigenvalue weighted by Crippen LogP contribution is 2.24. The van der Waals surface area contributed by atoms with Gasteiger partial charge in [-0.2, -0.15) is 0 Å². The van der Waals surface area contributed by atoms with E-state index in [1.54, 1.807) is 42.5 Å². The molecule has 56 heavy (non-hydrogen) atoms. The van der Waals surface area contributed by atoms with Crippen molar-refractivity contribution < 1.29 is 48.5 Å². The van der Waals surface area contributed by atoms with Crippen LogP contribution in [0.3, 0.4) is 0 Å². The number of aromatic nitrogens is 3. The maximum atomic E-state index is 13.9. The molecule has 16 heteroatoms. The molecule has 0 saturated heterocycles. The first kappa shape index (κ1) is 43.0. The Morgan fingerprint density at radius 3 is 2.21 bits per heavy atom. The van der Waals surface area contributed by atoms with Gasteiger partial charge in [0.05, 0.1) is 52.4 Å². The molecule has 298 valence electrons. The lowest BCUT2D eigenvalue weighted by Crippen LogP contribution is -2.48. The summed E-state index contributed by atoms with van der Waals surface area (Å²) in [7, 11) is 0. The predicted molar refractivity (Wildman–Crippen MR) is 205 cm³/mol. The fraction of sp³-hybridized carbons (Fsp3) is 0.425. The molecule has 2 aromatic heterocycles. The highest BCUT2D eigenvalue weighted by atomic mass is 32.1. The van der Waals surface area contributed by atoms with Crippen molar-refractivity contribution in [3.63, 3.8) is 0 Å². The number of esters is 1. The predicted octanol–water partition coefficient (Wildman–Crippen LogP) is 4.36. The van der Waals surface area contributed by atoms with Crippen LogP contribution in [0, 0.1) is 24.7 Å². The van der Waals surface area contributed by atoms with Gasteiger partial charge in [0, 0.05) is 43.5 Å². The molecule has 0 aliphatic carbocycles. The number of aryl methyl sites for hydroxylation is 1. The molecule has 0 fully saturated rings. The SMILES string of the molecule is Cc1nc2ccc(CC(=O)C(CC(=O)O)NC(=O)C(CC(=O)C(CCC(=O)O)NC(=O)C(CC(=O)OCc3ccccc3)CC(C)C)Cc3cnc[nH]3)cc2s1. The molecule has 0 spiro atoms. The Labute approximate surface area is 327 Å². The largest absolute Gasteiger partial charge is 0.481 e. The fourth-order valence-corrected chi connectivity index (χ4v) is 7.14. The maximum absolute atomic E-state index is 13.9. The van der Waals surface area contributed by atoms with E-state index in [2.05, 4.69) is 25.6 Å². The van der Waals surface area contributed by atoms with Crippen molar-refractivity contribution in [2.24, 2.45) is 17.8 Å². The van der Waals surface area contributed by atoms with E-state index in [9.17, 15) is 43.8 Å². The number of rotatable bonds is 23. The maximum Gasteiger partial charge on any atom is 0.306 e. The second-order valence-electron chi connectivity index (χ2n) is 14.2. The molecule has 2 amide bonds. The summed E-state index contributed by atoms with van der Waals surface area (Å²) in [6.07, 6.45) is 0.577. The van der Waals surface area contributed by atoms with Crippen molar-refractivity contribution in [2.75, 3.05) is 0 Å². The third-order valence-corrected chi connectivity index (χ3v) is 9.93. The molecule has 5 N–H and O–H groups in total. The number of nitrogens with zero attached hydrogens (tertiary/aromatic N) is 2. The average molecular weight is 790 g/mol. The number of Topliss-reactive ketones (excluding diaryl/α,β-unsaturated/α-hetero) is 2. The molecule has 0 bridgehead atoms. The molecule has 2 heterocycles. The fourth-order valence-electron chi connectivity index (χ4n) is 6.25. The first-order valence-electron chi connectivity index (χ1n) is 18.3. The Hall–Kier alpha value is -5.77. The first-order chi connectivity index (χ1) is 26.7. The quantitative estimate of drug-likeness (QED) is 0.0660. The molecule has 2 aromatic carbocycles. The van der Waals surface area contributed by atoms with Gasteiger partial charge in [0.15, 0.2) is 11.6 Å². The number of carbonyl (C=O) groups is 7. The number of aliphatic carboxylic acids is 2. The Morgan fingerprint density at radius 1 is 0.839 bits per heavy atom. The summed E-state index contributed by atoms with van der Waals surface area (Å²) in [5.41, 5.74) is 2.60. The number of fused-ring (bicyclic) bond motifs is 1. The molecule has 0 aliphatic rings. The van der Waals surface area contributed by atoms with E-state index in [-0.39, 0.29) is 44.6 Å². The zero-order valence-corrected chi connectivity index (χ0v) is 32.3. The Kier molecular flexibility index (Phi) is 15.9. The summed E-state index contributed by atoms with van der Waals surface area (Å²) in [5.74, 6) is -7.91. The van der Waals surface area contributed by atoms with Gasteiger partial charge in [-0.15, -0.1) is 11.3 Å². The average Bonchev–Trinajstić information content (AvgIpc) is 3.79. The van der Waals surface area contributed by atoms with Gasteiger partial charge in [-0.1, -0.05) is 50.2 Å². The summed E-state index contributed by atoms with van der Waals surface area (Å²) in [6, 6.07) is 11.5. The number of carboxylic acids is 2. The number of amides is 2. The molecular weight excluding hydrogens is 743 g/mol. The van der Waals surface area contributed by atoms with Crippen LogP contribution in [0.15, 0.2) is 61.1 Å². The van der Waals surface area contributed by atoms with Crippen LogP contribution in [0.25, 0.3) is 10.2 Å². The molecule has 15 nitrogen and oxygen atoms in total. The van der Waals surface area contributed by atoms with Crippen LogP contribution in [0.1, 0.15) is 74.2 Å². The van der Waals surface area contributed by atoms with Gasteiger partial charge < -0.3 is 30.6 Å². The monoisotopic (exact) mass is 789 g/mol. The number of aromatic amines is 1. The number of thiazole rings is 1. The van der Waals surface area contributed by atoms with E-state index in [0.717, 1.165) is 20.8 Å². The van der Waals surface area contributed by atoms with Crippen molar-refractivity contribution in [1.29, 1.82) is 0 Å². The van der Waals surface area contributed by atoms with Crippen LogP contribution in [0.4, 0.5) is 0 Å². The third kappa shape index (κ3) is 13.8. The van der Waals surface area contributed by atoms with Crippen LogP contribution in [0.5, 0.6) is 0 Å². The van der Waals surface area contributed by atoms with E-state index in [1.165, 1.54) is 23.9 Å². The molecule has 0 radical (unpaired) electrons. The second-order valence-corrected chi connectivity index (χ2v) is 15.4. The van der Waals surface area contributed by atoms with Gasteiger partial charge in [0.2, 0.25) is 11.8 Å². The minimum absolute atomic E-state index is 0.0104. The molecule has 4 unspecified atom stereocenters. The van der Waals surface area contributed by atoms with Gasteiger partial charge in [-0.05, 0) is 48.9 Å². The van der Waals surface area contributed by atoms with E-state index < -0.39 is 84.5 Å². The van der Waals surface area contributed by atoms with Crippen molar-refractivity contribution >= 4 is 62.8 Å². The Morgan fingerprint density at radius 2 is 1.55 bits per heavy atom. The van der Waals surface area contributed by atoms with Gasteiger partial charge in [-0.3, -0.25) is 33.6 Å². The van der Waals surface area contributed by atoms with Crippen LogP contribution in [-0.2, 0) is 57.7 Å². The van der Waals surface area contributed by atoms with E-state index in [1.807, 2.05) is 26.8 Å². The summed E-state index contributed by atoms with van der Waals surface area (Å²) in [6.45, 7) is 5.60. The minimum atomic E-state index is -1.43. The van der Waals surface area contributed by atoms with E-state index >= 15 is 0 Å². The lowest BCUT2D eigenvalue weighted by molar-refractivity contribution is -0.148. The molecule has 0 aliphatic heterocycles. The summed E-state index contributed by atoms with van der Waals surface area (Å²) in [5, 5.41) is 25.1. The van der Waals surface area contributed by atoms with E-state index in [4.69, 9.17) is 4.74 Å². The van der Waals surface area contributed by atoms with Crippen molar-refractivity contribution in [1.82, 2.24) is 25.6 Å². The van der Waals surface area contributed by atoms with Gasteiger partial charge >= 0.3 is 17.9 Å². The smallest absolute Gasteiger partial charge is 0.306 e. The first-order valence-corrected chi connectivity index (χ1v) is 19.1. The standard InChI is InChI=1S/C40H47N5O10S/c1-23(2)13-27(18-38(52)55-21-25-7-5-4-6-8-25)39(53)44-30(11-12-36(48)49)34(47)17-28(16-29-20-41-22-42-29)40(54)45-32(19-37(50)51)33(46)14-26-9-10-31-35(15-26)56-24(3)43-31/h4-10,15,20,22-23,27-28,30,32H,11-14,16-19,21H2,1-3H3,(H,41,42)(H,44,53)(H,45,54)(H,48,49)(H,50,51). The molecule has 0 saturated carbocycles. The normalized spacial score (nSPS) is 13.4. The number of benzene rings is 2. The van der Waals surface area contributed by atoms with Crippen molar-refractivity contribution in [2.45, 2.75) is 90.8 Å². The zero-order valence-electron chi connectivity index (χ0n) is 31.5. The molecule has 4 aromatic rings. The second kappa shape index (κ2) is 20.8. The number of nitrogens with one attached hydrogen (secondary N) is 3. The highest BCUT2D eigenvalue weighted by molar-refractivity contribution is 7.18. The number of ether oxygens (including phenoxy) is 1. The summed E-state index contributed by atoms with van der Waals surface area (Å²) >= 11 is 1.45. The number of H-pyrrole nitrogens is 1. The Bertz CT molecular complexity index is 2000. The molecular formula is C40H47N5O10S.